The topological polar surface area (TPSA) is 28.2 Å². The van der Waals surface area contributed by atoms with Gasteiger partial charge in [-0.15, -0.1) is 0 Å². The minimum atomic E-state index is -0.262. The molecule has 0 spiro atoms. The fourth-order valence-electron chi connectivity index (χ4n) is 1.68. The summed E-state index contributed by atoms with van der Waals surface area (Å²) in [6.45, 7) is 2.73. The van der Waals surface area contributed by atoms with E-state index in [1.165, 1.54) is 25.1 Å². The number of rotatable bonds is 6. The van der Waals surface area contributed by atoms with Crippen LogP contribution < -0.4 is 5.32 Å². The second kappa shape index (κ2) is 5.37. The van der Waals surface area contributed by atoms with Crippen molar-refractivity contribution in [3.8, 4) is 0 Å². The van der Waals surface area contributed by atoms with E-state index in [1.807, 2.05) is 7.05 Å². The van der Waals surface area contributed by atoms with Crippen molar-refractivity contribution in [1.29, 1.82) is 0 Å². The lowest BCUT2D eigenvalue weighted by molar-refractivity contribution is 0.323. The summed E-state index contributed by atoms with van der Waals surface area (Å²) < 4.78 is 12.9. The highest BCUT2D eigenvalue weighted by Gasteiger charge is 2.19. The Morgan fingerprint density at radius 1 is 1.50 bits per heavy atom. The molecule has 0 saturated heterocycles. The van der Waals surface area contributed by atoms with Crippen LogP contribution in [-0.2, 0) is 6.54 Å². The molecule has 1 heterocycles. The number of nitrogens with zero attached hydrogens (tertiary/aromatic N) is 2. The van der Waals surface area contributed by atoms with Gasteiger partial charge in [-0.2, -0.15) is 0 Å². The van der Waals surface area contributed by atoms with Crippen molar-refractivity contribution in [3.05, 3.63) is 29.8 Å². The molecule has 2 rings (SSSR count). The van der Waals surface area contributed by atoms with Crippen molar-refractivity contribution in [1.82, 2.24) is 15.2 Å². The van der Waals surface area contributed by atoms with Crippen LogP contribution in [0.3, 0.4) is 0 Å². The highest BCUT2D eigenvalue weighted by Crippen LogP contribution is 2.18. The lowest BCUT2D eigenvalue weighted by Gasteiger charge is -2.16. The van der Waals surface area contributed by atoms with E-state index in [1.54, 1.807) is 6.20 Å². The Morgan fingerprint density at radius 2 is 2.31 bits per heavy atom. The molecule has 0 bridgehead atoms. The first-order valence-electron chi connectivity index (χ1n) is 5.75. The lowest BCUT2D eigenvalue weighted by atomic mass is 10.2. The van der Waals surface area contributed by atoms with Gasteiger partial charge in [0, 0.05) is 31.9 Å². The van der Waals surface area contributed by atoms with Gasteiger partial charge in [-0.1, -0.05) is 0 Å². The number of aromatic nitrogens is 1. The molecule has 1 N–H and O–H groups in total. The molecule has 0 aliphatic heterocycles. The van der Waals surface area contributed by atoms with Crippen LogP contribution in [0.1, 0.15) is 18.4 Å². The second-order valence-corrected chi connectivity index (χ2v) is 4.48. The summed E-state index contributed by atoms with van der Waals surface area (Å²) in [5.74, 6) is -0.262. The van der Waals surface area contributed by atoms with Gasteiger partial charge in [0.1, 0.15) is 5.82 Å². The Bertz CT molecular complexity index is 339. The Balaban J connectivity index is 1.70. The molecule has 4 heteroatoms. The van der Waals surface area contributed by atoms with Gasteiger partial charge >= 0.3 is 0 Å². The van der Waals surface area contributed by atoms with E-state index in [2.05, 4.69) is 15.2 Å². The average Bonchev–Trinajstić information content (AvgIpc) is 3.01. The molecule has 1 aliphatic carbocycles. The van der Waals surface area contributed by atoms with Crippen LogP contribution in [0, 0.1) is 5.82 Å². The van der Waals surface area contributed by atoms with Gasteiger partial charge in [0.2, 0.25) is 0 Å². The molecule has 88 valence electrons. The summed E-state index contributed by atoms with van der Waals surface area (Å²) in [5.41, 5.74) is 0.925. The highest BCUT2D eigenvalue weighted by atomic mass is 19.1. The number of hydrogen-bond donors (Lipinski definition) is 1. The first-order chi connectivity index (χ1) is 7.74. The number of hydrogen-bond acceptors (Lipinski definition) is 3. The molecule has 16 heavy (non-hydrogen) atoms. The van der Waals surface area contributed by atoms with E-state index in [0.29, 0.717) is 0 Å². The van der Waals surface area contributed by atoms with Crippen LogP contribution >= 0.6 is 0 Å². The zero-order chi connectivity index (χ0) is 11.4. The number of nitrogens with one attached hydrogen (secondary N) is 1. The lowest BCUT2D eigenvalue weighted by Crippen LogP contribution is -2.30. The predicted octanol–water partition coefficient (Wildman–Crippen LogP) is 1.40. The second-order valence-electron chi connectivity index (χ2n) is 4.48. The largest absolute Gasteiger partial charge is 0.313 e. The van der Waals surface area contributed by atoms with E-state index in [4.69, 9.17) is 0 Å². The molecule has 0 radical (unpaired) electrons. The summed E-state index contributed by atoms with van der Waals surface area (Å²) >= 11 is 0. The summed E-state index contributed by atoms with van der Waals surface area (Å²) in [4.78, 5) is 6.01. The van der Waals surface area contributed by atoms with Gasteiger partial charge in [-0.05, 0) is 31.5 Å². The SMILES string of the molecule is CN(CCNC1CC1)Cc1cncc(F)c1. The standard InChI is InChI=1S/C12H18FN3/c1-16(5-4-15-12-2-3-12)9-10-6-11(13)8-14-7-10/h6-8,12,15H,2-5,9H2,1H3. The van der Waals surface area contributed by atoms with E-state index >= 15 is 0 Å². The summed E-state index contributed by atoms with van der Waals surface area (Å²) in [6.07, 6.45) is 5.58. The first kappa shape index (κ1) is 11.5. The third-order valence-corrected chi connectivity index (χ3v) is 2.72. The van der Waals surface area contributed by atoms with Gasteiger partial charge in [0.15, 0.2) is 0 Å². The van der Waals surface area contributed by atoms with Crippen LogP contribution in [-0.4, -0.2) is 36.1 Å². The van der Waals surface area contributed by atoms with Crippen LogP contribution in [0.4, 0.5) is 4.39 Å². The maximum Gasteiger partial charge on any atom is 0.141 e. The Hall–Kier alpha value is -1.00. The van der Waals surface area contributed by atoms with Crippen LogP contribution in [0.2, 0.25) is 0 Å². The van der Waals surface area contributed by atoms with Crippen molar-refractivity contribution in [2.24, 2.45) is 0 Å². The van der Waals surface area contributed by atoms with E-state index in [-0.39, 0.29) is 5.82 Å². The molecule has 0 atom stereocenters. The van der Waals surface area contributed by atoms with Crippen LogP contribution in [0.5, 0.6) is 0 Å². The molecule has 3 nitrogen and oxygen atoms in total. The zero-order valence-corrected chi connectivity index (χ0v) is 9.62. The van der Waals surface area contributed by atoms with E-state index in [9.17, 15) is 4.39 Å². The Labute approximate surface area is 95.7 Å². The van der Waals surface area contributed by atoms with Gasteiger partial charge < -0.3 is 10.2 Å². The van der Waals surface area contributed by atoms with Gasteiger partial charge in [0.05, 0.1) is 6.20 Å². The fraction of sp³-hybridized carbons (Fsp3) is 0.583. The van der Waals surface area contributed by atoms with E-state index in [0.717, 1.165) is 31.2 Å². The maximum atomic E-state index is 12.9. The fourth-order valence-corrected chi connectivity index (χ4v) is 1.68. The molecule has 1 aromatic rings. The smallest absolute Gasteiger partial charge is 0.141 e. The zero-order valence-electron chi connectivity index (χ0n) is 9.62. The Kier molecular flexibility index (Phi) is 3.85. The van der Waals surface area contributed by atoms with Gasteiger partial charge in [-0.3, -0.25) is 4.98 Å². The van der Waals surface area contributed by atoms with Crippen molar-refractivity contribution < 1.29 is 4.39 Å². The van der Waals surface area contributed by atoms with Gasteiger partial charge in [0.25, 0.3) is 0 Å². The summed E-state index contributed by atoms with van der Waals surface area (Å²) in [5, 5.41) is 3.45. The molecule has 1 fully saturated rings. The molecule has 0 unspecified atom stereocenters. The highest BCUT2D eigenvalue weighted by molar-refractivity contribution is 5.09. The van der Waals surface area contributed by atoms with Crippen molar-refractivity contribution in [2.45, 2.75) is 25.4 Å². The predicted molar refractivity (Wildman–Crippen MR) is 61.6 cm³/mol. The molecule has 0 aromatic carbocycles. The minimum Gasteiger partial charge on any atom is -0.313 e. The quantitative estimate of drug-likeness (QED) is 0.790. The summed E-state index contributed by atoms with van der Waals surface area (Å²) in [7, 11) is 2.04. The minimum absolute atomic E-state index is 0.262. The molecule has 1 aromatic heterocycles. The van der Waals surface area contributed by atoms with Crippen molar-refractivity contribution >= 4 is 0 Å². The van der Waals surface area contributed by atoms with Crippen LogP contribution in [0.25, 0.3) is 0 Å². The molecule has 0 amide bonds. The van der Waals surface area contributed by atoms with Crippen LogP contribution in [0.15, 0.2) is 18.5 Å². The molecule has 1 saturated carbocycles. The monoisotopic (exact) mass is 223 g/mol. The van der Waals surface area contributed by atoms with Gasteiger partial charge in [-0.25, -0.2) is 4.39 Å². The number of likely N-dealkylation sites (N-methyl/N-ethyl adjacent to an activating group) is 1. The third-order valence-electron chi connectivity index (χ3n) is 2.72. The third kappa shape index (κ3) is 3.87. The maximum absolute atomic E-state index is 12.9. The molecular weight excluding hydrogens is 205 g/mol. The van der Waals surface area contributed by atoms with E-state index < -0.39 is 0 Å². The first-order valence-corrected chi connectivity index (χ1v) is 5.75. The van der Waals surface area contributed by atoms with Crippen molar-refractivity contribution in [3.63, 3.8) is 0 Å². The molecule has 1 aliphatic rings. The van der Waals surface area contributed by atoms with Crippen molar-refractivity contribution in [2.75, 3.05) is 20.1 Å². The number of halogens is 1. The molecular formula is C12H18FN3. The Morgan fingerprint density at radius 3 is 3.00 bits per heavy atom. The normalized spacial score (nSPS) is 15.7. The summed E-state index contributed by atoms with van der Waals surface area (Å²) in [6, 6.07) is 2.29. The number of pyridine rings is 1. The average molecular weight is 223 g/mol.